The lowest BCUT2D eigenvalue weighted by Crippen LogP contribution is -2.23. The van der Waals surface area contributed by atoms with Crippen molar-refractivity contribution in [1.29, 1.82) is 0 Å². The SMILES string of the molecule is CCCCCS(=O)C1NN=C(C(Cl)Cl)S1. The summed E-state index contributed by atoms with van der Waals surface area (Å²) in [6, 6.07) is 0. The topological polar surface area (TPSA) is 41.5 Å². The second kappa shape index (κ2) is 6.99. The minimum Gasteiger partial charge on any atom is -0.283 e. The first kappa shape index (κ1) is 13.6. The van der Waals surface area contributed by atoms with E-state index in [2.05, 4.69) is 17.5 Å². The Morgan fingerprint density at radius 3 is 2.87 bits per heavy atom. The van der Waals surface area contributed by atoms with Crippen molar-refractivity contribution in [2.75, 3.05) is 5.75 Å². The van der Waals surface area contributed by atoms with Gasteiger partial charge in [-0.15, -0.1) is 0 Å². The van der Waals surface area contributed by atoms with E-state index < -0.39 is 15.6 Å². The summed E-state index contributed by atoms with van der Waals surface area (Å²) >= 11 is 12.7. The molecule has 2 unspecified atom stereocenters. The quantitative estimate of drug-likeness (QED) is 0.604. The van der Waals surface area contributed by atoms with Crippen molar-refractivity contribution in [2.24, 2.45) is 5.10 Å². The molecule has 0 saturated carbocycles. The number of hydrazone groups is 1. The Morgan fingerprint density at radius 1 is 1.60 bits per heavy atom. The number of unbranched alkanes of at least 4 members (excludes halogenated alkanes) is 2. The maximum Gasteiger partial charge on any atom is 0.170 e. The highest BCUT2D eigenvalue weighted by molar-refractivity contribution is 8.22. The van der Waals surface area contributed by atoms with Crippen molar-refractivity contribution >= 4 is 50.8 Å². The highest BCUT2D eigenvalue weighted by Gasteiger charge is 2.27. The van der Waals surface area contributed by atoms with E-state index in [1.165, 1.54) is 11.8 Å². The van der Waals surface area contributed by atoms with Crippen LogP contribution in [0.5, 0.6) is 0 Å². The van der Waals surface area contributed by atoms with Crippen LogP contribution in [0.25, 0.3) is 0 Å². The molecule has 1 aliphatic heterocycles. The summed E-state index contributed by atoms with van der Waals surface area (Å²) in [4.78, 5) is -0.625. The summed E-state index contributed by atoms with van der Waals surface area (Å²) in [5.41, 5.74) is 2.80. The number of nitrogens with zero attached hydrogens (tertiary/aromatic N) is 1. The maximum atomic E-state index is 11.8. The second-order valence-electron chi connectivity index (χ2n) is 3.12. The normalized spacial score (nSPS) is 22.7. The number of thioether (sulfide) groups is 1. The van der Waals surface area contributed by atoms with E-state index in [0.29, 0.717) is 10.8 Å². The van der Waals surface area contributed by atoms with Crippen molar-refractivity contribution in [3.63, 3.8) is 0 Å². The fourth-order valence-corrected chi connectivity index (χ4v) is 3.92. The Hall–Kier alpha value is 0.550. The highest BCUT2D eigenvalue weighted by atomic mass is 35.5. The Labute approximate surface area is 107 Å². The van der Waals surface area contributed by atoms with Crippen LogP contribution in [-0.4, -0.2) is 24.5 Å². The standard InChI is InChI=1S/C8H14Cl2N2OS2/c1-2-3-4-5-15(13)8-12-11-7(14-8)6(9)10/h6,8,12H,2-5H2,1H3. The molecule has 0 spiro atoms. The van der Waals surface area contributed by atoms with Crippen LogP contribution in [0.4, 0.5) is 0 Å². The van der Waals surface area contributed by atoms with Crippen LogP contribution < -0.4 is 5.43 Å². The Morgan fingerprint density at radius 2 is 2.33 bits per heavy atom. The van der Waals surface area contributed by atoms with Gasteiger partial charge >= 0.3 is 0 Å². The molecule has 0 radical (unpaired) electrons. The molecule has 1 N–H and O–H groups in total. The zero-order valence-corrected chi connectivity index (χ0v) is 11.6. The van der Waals surface area contributed by atoms with Crippen LogP contribution in [0.15, 0.2) is 5.10 Å². The zero-order chi connectivity index (χ0) is 11.3. The molecule has 0 amide bonds. The summed E-state index contributed by atoms with van der Waals surface area (Å²) in [7, 11) is -0.914. The van der Waals surface area contributed by atoms with Gasteiger partial charge in [-0.1, -0.05) is 54.7 Å². The Bertz CT molecular complexity index is 261. The third-order valence-electron chi connectivity index (χ3n) is 1.88. The molecule has 3 nitrogen and oxygen atoms in total. The molecule has 2 atom stereocenters. The smallest absolute Gasteiger partial charge is 0.170 e. The zero-order valence-electron chi connectivity index (χ0n) is 8.41. The van der Waals surface area contributed by atoms with Gasteiger partial charge in [0, 0.05) is 5.75 Å². The van der Waals surface area contributed by atoms with Gasteiger partial charge in [-0.3, -0.25) is 9.63 Å². The summed E-state index contributed by atoms with van der Waals surface area (Å²) in [6.45, 7) is 2.12. The summed E-state index contributed by atoms with van der Waals surface area (Å²) in [5, 5.41) is 4.54. The average Bonchev–Trinajstić information content (AvgIpc) is 2.66. The van der Waals surface area contributed by atoms with Crippen LogP contribution in [0.2, 0.25) is 0 Å². The first-order chi connectivity index (χ1) is 7.15. The van der Waals surface area contributed by atoms with Crippen LogP contribution >= 0.6 is 35.0 Å². The molecule has 15 heavy (non-hydrogen) atoms. The van der Waals surface area contributed by atoms with Gasteiger partial charge in [0.1, 0.15) is 5.04 Å². The molecule has 0 saturated heterocycles. The predicted molar refractivity (Wildman–Crippen MR) is 70.0 cm³/mol. The molecule has 1 aliphatic rings. The minimum atomic E-state index is -0.914. The number of nitrogens with one attached hydrogen (secondary N) is 1. The van der Waals surface area contributed by atoms with Crippen LogP contribution in [0, 0.1) is 0 Å². The lowest BCUT2D eigenvalue weighted by atomic mass is 10.3. The van der Waals surface area contributed by atoms with Gasteiger partial charge in [0.15, 0.2) is 9.54 Å². The molecule has 0 aromatic carbocycles. The van der Waals surface area contributed by atoms with E-state index in [9.17, 15) is 4.21 Å². The van der Waals surface area contributed by atoms with Crippen molar-refractivity contribution in [3.8, 4) is 0 Å². The number of alkyl halides is 2. The lowest BCUT2D eigenvalue weighted by molar-refractivity contribution is 0.666. The molecule has 7 heteroatoms. The van der Waals surface area contributed by atoms with Crippen molar-refractivity contribution < 1.29 is 4.21 Å². The molecular weight excluding hydrogens is 275 g/mol. The Balaban J connectivity index is 2.27. The molecule has 0 aliphatic carbocycles. The molecular formula is C8H14Cl2N2OS2. The average molecular weight is 289 g/mol. The monoisotopic (exact) mass is 288 g/mol. The van der Waals surface area contributed by atoms with Gasteiger partial charge in [-0.05, 0) is 6.42 Å². The third-order valence-corrected chi connectivity index (χ3v) is 5.65. The molecule has 1 rings (SSSR count). The second-order valence-corrected chi connectivity index (χ2v) is 7.28. The molecule has 88 valence electrons. The molecule has 0 aromatic rings. The van der Waals surface area contributed by atoms with Crippen LogP contribution in [-0.2, 0) is 10.8 Å². The van der Waals surface area contributed by atoms with Gasteiger partial charge in [-0.25, -0.2) is 0 Å². The van der Waals surface area contributed by atoms with Crippen molar-refractivity contribution in [3.05, 3.63) is 0 Å². The van der Waals surface area contributed by atoms with Gasteiger partial charge in [-0.2, -0.15) is 5.10 Å². The third kappa shape index (κ3) is 4.51. The predicted octanol–water partition coefficient (Wildman–Crippen LogP) is 2.66. The van der Waals surface area contributed by atoms with E-state index in [-0.39, 0.29) is 4.71 Å². The van der Waals surface area contributed by atoms with E-state index in [4.69, 9.17) is 23.2 Å². The first-order valence-corrected chi connectivity index (χ1v) is 7.93. The van der Waals surface area contributed by atoms with Gasteiger partial charge < -0.3 is 0 Å². The van der Waals surface area contributed by atoms with E-state index in [1.807, 2.05) is 0 Å². The number of hydrogen-bond donors (Lipinski definition) is 1. The largest absolute Gasteiger partial charge is 0.283 e. The molecule has 1 heterocycles. The van der Waals surface area contributed by atoms with Crippen LogP contribution in [0.3, 0.4) is 0 Å². The van der Waals surface area contributed by atoms with Gasteiger partial charge in [0.25, 0.3) is 0 Å². The van der Waals surface area contributed by atoms with Crippen molar-refractivity contribution in [1.82, 2.24) is 5.43 Å². The van der Waals surface area contributed by atoms with E-state index in [1.54, 1.807) is 0 Å². The van der Waals surface area contributed by atoms with Crippen molar-refractivity contribution in [2.45, 2.75) is 35.7 Å². The number of rotatable bonds is 6. The van der Waals surface area contributed by atoms with Crippen LogP contribution in [0.1, 0.15) is 26.2 Å². The highest BCUT2D eigenvalue weighted by Crippen LogP contribution is 2.26. The maximum absolute atomic E-state index is 11.8. The number of hydrogen-bond acceptors (Lipinski definition) is 4. The fraction of sp³-hybridized carbons (Fsp3) is 0.875. The first-order valence-electron chi connectivity index (χ1n) is 4.80. The summed E-state index contributed by atoms with van der Waals surface area (Å²) in [5.74, 6) is 0.705. The molecule has 0 aromatic heterocycles. The summed E-state index contributed by atoms with van der Waals surface area (Å²) < 4.78 is 11.6. The fourth-order valence-electron chi connectivity index (χ4n) is 1.09. The van der Waals surface area contributed by atoms with E-state index >= 15 is 0 Å². The Kier molecular flexibility index (Phi) is 6.34. The van der Waals surface area contributed by atoms with Gasteiger partial charge in [0.2, 0.25) is 0 Å². The summed E-state index contributed by atoms with van der Waals surface area (Å²) in [6.07, 6.45) is 3.24. The van der Waals surface area contributed by atoms with Gasteiger partial charge in [0.05, 0.1) is 10.8 Å². The minimum absolute atomic E-state index is 0.183. The molecule has 0 bridgehead atoms. The van der Waals surface area contributed by atoms with E-state index in [0.717, 1.165) is 19.3 Å². The molecule has 0 fully saturated rings. The lowest BCUT2D eigenvalue weighted by Gasteiger charge is -2.08. The number of halogens is 2.